The number of benzene rings is 1. The van der Waals surface area contributed by atoms with Gasteiger partial charge in [-0.05, 0) is 35.0 Å². The van der Waals surface area contributed by atoms with E-state index in [4.69, 9.17) is 4.74 Å². The zero-order valence-corrected chi connectivity index (χ0v) is 13.4. The molecule has 1 N–H and O–H groups in total. The predicted octanol–water partition coefficient (Wildman–Crippen LogP) is 2.18. The van der Waals surface area contributed by atoms with Crippen molar-refractivity contribution in [2.45, 2.75) is 20.4 Å². The molecule has 1 aromatic heterocycles. The molecular weight excluding hydrogens is 322 g/mol. The van der Waals surface area contributed by atoms with Gasteiger partial charge in [0.05, 0.1) is 19.3 Å². The van der Waals surface area contributed by atoms with Gasteiger partial charge in [0.15, 0.2) is 5.82 Å². The minimum atomic E-state index is 0.588. The number of nitrogens with one attached hydrogen (secondary N) is 1. The molecule has 0 radical (unpaired) electrons. The van der Waals surface area contributed by atoms with Crippen LogP contribution >= 0.6 is 15.9 Å². The summed E-state index contributed by atoms with van der Waals surface area (Å²) >= 11 is 3.46. The Morgan fingerprint density at radius 3 is 2.85 bits per heavy atom. The third-order valence-electron chi connectivity index (χ3n) is 2.71. The monoisotopic (exact) mass is 339 g/mol. The Hall–Kier alpha value is -1.47. The lowest BCUT2D eigenvalue weighted by atomic mass is 10.2. The van der Waals surface area contributed by atoms with Crippen LogP contribution in [-0.4, -0.2) is 33.9 Å². The van der Waals surface area contributed by atoms with E-state index in [0.29, 0.717) is 12.5 Å². The lowest BCUT2D eigenvalue weighted by Gasteiger charge is -2.09. The Labute approximate surface area is 126 Å². The molecule has 1 aromatic carbocycles. The second-order valence-corrected chi connectivity index (χ2v) is 5.80. The molecule has 0 atom stereocenters. The van der Waals surface area contributed by atoms with E-state index in [1.807, 2.05) is 18.2 Å². The maximum atomic E-state index is 5.26. The van der Waals surface area contributed by atoms with Gasteiger partial charge in [0.25, 0.3) is 0 Å². The standard InChI is InChI=1S/C13H18BrN5O/c1-9(2)7-15-8-13-16-17-18-19(13)11-4-10(14)5-12(6-11)20-3/h4-6,9,15H,7-8H2,1-3H3. The van der Waals surface area contributed by atoms with Crippen molar-refractivity contribution in [3.05, 3.63) is 28.5 Å². The summed E-state index contributed by atoms with van der Waals surface area (Å²) in [5.41, 5.74) is 0.863. The van der Waals surface area contributed by atoms with E-state index in [9.17, 15) is 0 Å². The maximum Gasteiger partial charge on any atom is 0.170 e. The predicted molar refractivity (Wildman–Crippen MR) is 80.0 cm³/mol. The molecular formula is C13H18BrN5O. The highest BCUT2D eigenvalue weighted by atomic mass is 79.9. The number of tetrazole rings is 1. The molecule has 108 valence electrons. The Kier molecular flexibility index (Phi) is 5.08. The van der Waals surface area contributed by atoms with E-state index >= 15 is 0 Å². The fourth-order valence-electron chi connectivity index (χ4n) is 1.78. The van der Waals surface area contributed by atoms with Crippen molar-refractivity contribution < 1.29 is 4.74 Å². The number of rotatable bonds is 6. The molecule has 2 rings (SSSR count). The Balaban J connectivity index is 2.20. The number of ether oxygens (including phenoxy) is 1. The van der Waals surface area contributed by atoms with Crippen LogP contribution in [0.2, 0.25) is 0 Å². The summed E-state index contributed by atoms with van der Waals surface area (Å²) in [6.07, 6.45) is 0. The van der Waals surface area contributed by atoms with E-state index in [0.717, 1.165) is 28.3 Å². The molecule has 0 saturated heterocycles. The molecule has 0 spiro atoms. The van der Waals surface area contributed by atoms with Gasteiger partial charge in [-0.2, -0.15) is 4.68 Å². The van der Waals surface area contributed by atoms with E-state index in [1.54, 1.807) is 11.8 Å². The average molecular weight is 340 g/mol. The normalized spacial score (nSPS) is 11.1. The fraction of sp³-hybridized carbons (Fsp3) is 0.462. The van der Waals surface area contributed by atoms with Crippen LogP contribution in [0.5, 0.6) is 5.75 Å². The zero-order chi connectivity index (χ0) is 14.5. The highest BCUT2D eigenvalue weighted by Crippen LogP contribution is 2.23. The SMILES string of the molecule is COc1cc(Br)cc(-n2nnnc2CNCC(C)C)c1. The Morgan fingerprint density at radius 2 is 2.15 bits per heavy atom. The summed E-state index contributed by atoms with van der Waals surface area (Å²) in [5, 5.41) is 15.2. The number of hydrogen-bond acceptors (Lipinski definition) is 5. The van der Waals surface area contributed by atoms with Gasteiger partial charge in [0.2, 0.25) is 0 Å². The van der Waals surface area contributed by atoms with Crippen LogP contribution in [-0.2, 0) is 6.54 Å². The van der Waals surface area contributed by atoms with Crippen molar-refractivity contribution in [2.75, 3.05) is 13.7 Å². The summed E-state index contributed by atoms with van der Waals surface area (Å²) in [7, 11) is 1.64. The Bertz CT molecular complexity index is 570. The van der Waals surface area contributed by atoms with Crippen LogP contribution in [0, 0.1) is 5.92 Å². The molecule has 0 aliphatic carbocycles. The van der Waals surface area contributed by atoms with Gasteiger partial charge < -0.3 is 10.1 Å². The van der Waals surface area contributed by atoms with Crippen LogP contribution in [0.25, 0.3) is 5.69 Å². The average Bonchev–Trinajstić information content (AvgIpc) is 2.86. The van der Waals surface area contributed by atoms with Gasteiger partial charge in [-0.3, -0.25) is 0 Å². The first kappa shape index (κ1) is 14.9. The quantitative estimate of drug-likeness (QED) is 0.873. The molecule has 0 fully saturated rings. The van der Waals surface area contributed by atoms with Crippen molar-refractivity contribution in [3.63, 3.8) is 0 Å². The van der Waals surface area contributed by atoms with Crippen LogP contribution in [0.1, 0.15) is 19.7 Å². The minimum Gasteiger partial charge on any atom is -0.497 e. The Morgan fingerprint density at radius 1 is 1.35 bits per heavy atom. The lowest BCUT2D eigenvalue weighted by molar-refractivity contribution is 0.414. The largest absolute Gasteiger partial charge is 0.497 e. The number of methoxy groups -OCH3 is 1. The summed E-state index contributed by atoms with van der Waals surface area (Å²) in [5.74, 6) is 2.11. The molecule has 0 unspecified atom stereocenters. The van der Waals surface area contributed by atoms with Crippen LogP contribution in [0.4, 0.5) is 0 Å². The second-order valence-electron chi connectivity index (χ2n) is 4.88. The number of hydrogen-bond donors (Lipinski definition) is 1. The minimum absolute atomic E-state index is 0.588. The summed E-state index contributed by atoms with van der Waals surface area (Å²) in [6.45, 7) is 5.87. The first-order valence-electron chi connectivity index (χ1n) is 6.43. The van der Waals surface area contributed by atoms with Gasteiger partial charge in [-0.1, -0.05) is 29.8 Å². The van der Waals surface area contributed by atoms with Crippen molar-refractivity contribution in [2.24, 2.45) is 5.92 Å². The first-order chi connectivity index (χ1) is 9.60. The third-order valence-corrected chi connectivity index (χ3v) is 3.16. The summed E-state index contributed by atoms with van der Waals surface area (Å²) < 4.78 is 7.89. The van der Waals surface area contributed by atoms with Crippen LogP contribution in [0.3, 0.4) is 0 Å². The fourth-order valence-corrected chi connectivity index (χ4v) is 2.24. The lowest BCUT2D eigenvalue weighted by Crippen LogP contribution is -2.21. The van der Waals surface area contributed by atoms with Gasteiger partial charge in [0, 0.05) is 10.5 Å². The molecule has 6 nitrogen and oxygen atoms in total. The van der Waals surface area contributed by atoms with Crippen molar-refractivity contribution in [1.82, 2.24) is 25.5 Å². The van der Waals surface area contributed by atoms with Crippen molar-refractivity contribution >= 4 is 15.9 Å². The van der Waals surface area contributed by atoms with E-state index in [-0.39, 0.29) is 0 Å². The molecule has 0 saturated carbocycles. The maximum absolute atomic E-state index is 5.26. The molecule has 0 aliphatic heterocycles. The molecule has 1 heterocycles. The number of nitrogens with zero attached hydrogens (tertiary/aromatic N) is 4. The number of aromatic nitrogens is 4. The van der Waals surface area contributed by atoms with Crippen LogP contribution < -0.4 is 10.1 Å². The molecule has 0 amide bonds. The first-order valence-corrected chi connectivity index (χ1v) is 7.22. The highest BCUT2D eigenvalue weighted by molar-refractivity contribution is 9.10. The molecule has 0 aliphatic rings. The molecule has 0 bridgehead atoms. The summed E-state index contributed by atoms with van der Waals surface area (Å²) in [4.78, 5) is 0. The molecule has 2 aromatic rings. The van der Waals surface area contributed by atoms with Gasteiger partial charge in [-0.25, -0.2) is 0 Å². The molecule has 20 heavy (non-hydrogen) atoms. The second kappa shape index (κ2) is 6.81. The van der Waals surface area contributed by atoms with E-state index < -0.39 is 0 Å². The smallest absolute Gasteiger partial charge is 0.170 e. The van der Waals surface area contributed by atoms with Crippen LogP contribution in [0.15, 0.2) is 22.7 Å². The van der Waals surface area contributed by atoms with Crippen molar-refractivity contribution in [3.8, 4) is 11.4 Å². The van der Waals surface area contributed by atoms with Crippen molar-refractivity contribution in [1.29, 1.82) is 0 Å². The topological polar surface area (TPSA) is 64.9 Å². The van der Waals surface area contributed by atoms with E-state index in [1.165, 1.54) is 0 Å². The third kappa shape index (κ3) is 3.77. The van der Waals surface area contributed by atoms with Gasteiger partial charge in [0.1, 0.15) is 5.75 Å². The summed E-state index contributed by atoms with van der Waals surface area (Å²) in [6, 6.07) is 5.74. The van der Waals surface area contributed by atoms with Gasteiger partial charge in [-0.15, -0.1) is 5.10 Å². The molecule has 7 heteroatoms. The van der Waals surface area contributed by atoms with E-state index in [2.05, 4.69) is 50.6 Å². The van der Waals surface area contributed by atoms with Gasteiger partial charge >= 0.3 is 0 Å². The number of halogens is 1. The zero-order valence-electron chi connectivity index (χ0n) is 11.8. The highest BCUT2D eigenvalue weighted by Gasteiger charge is 2.10.